The summed E-state index contributed by atoms with van der Waals surface area (Å²) in [5.74, 6) is -1.35. The largest absolute Gasteiger partial charge is 0.285 e. The molecule has 0 amide bonds. The average molecular weight is 334 g/mol. The van der Waals surface area contributed by atoms with Crippen LogP contribution in [0.3, 0.4) is 0 Å². The maximum atomic E-state index is 13.0. The number of benzene rings is 2. The molecule has 0 atom stereocenters. The molecule has 5 nitrogen and oxygen atoms in total. The van der Waals surface area contributed by atoms with E-state index >= 15 is 0 Å². The van der Waals surface area contributed by atoms with Crippen LogP contribution in [0, 0.1) is 5.82 Å². The zero-order valence-corrected chi connectivity index (χ0v) is 13.4. The third-order valence-electron chi connectivity index (χ3n) is 3.10. The van der Waals surface area contributed by atoms with Crippen molar-refractivity contribution < 1.29 is 17.6 Å². The number of nitrogens with zero attached hydrogens (tertiary/aromatic N) is 2. The maximum Gasteiger partial charge on any atom is 0.233 e. The van der Waals surface area contributed by atoms with Crippen LogP contribution < -0.4 is 0 Å². The van der Waals surface area contributed by atoms with Crippen LogP contribution in [0.1, 0.15) is 10.4 Å². The van der Waals surface area contributed by atoms with E-state index in [1.807, 2.05) is 0 Å². The first-order valence-electron chi connectivity index (χ1n) is 6.67. The van der Waals surface area contributed by atoms with Crippen molar-refractivity contribution in [3.63, 3.8) is 0 Å². The van der Waals surface area contributed by atoms with Gasteiger partial charge in [0.05, 0.1) is 11.9 Å². The Balaban J connectivity index is 2.51. The third-order valence-corrected chi connectivity index (χ3v) is 4.26. The number of hydrogen-bond acceptors (Lipinski definition) is 4. The molecule has 0 aliphatic rings. The second kappa shape index (κ2) is 6.70. The Bertz CT molecular complexity index is 831. The van der Waals surface area contributed by atoms with Gasteiger partial charge in [-0.2, -0.15) is 0 Å². The van der Waals surface area contributed by atoms with Gasteiger partial charge in [-0.05, 0) is 36.4 Å². The number of halogens is 1. The smallest absolute Gasteiger partial charge is 0.233 e. The molecule has 0 aliphatic carbocycles. The van der Waals surface area contributed by atoms with E-state index < -0.39 is 21.6 Å². The topological polar surface area (TPSA) is 66.8 Å². The number of hydrogen-bond donors (Lipinski definition) is 0. The van der Waals surface area contributed by atoms with Gasteiger partial charge in [0.15, 0.2) is 5.84 Å². The molecule has 0 heterocycles. The van der Waals surface area contributed by atoms with E-state index in [0.29, 0.717) is 5.69 Å². The lowest BCUT2D eigenvalue weighted by molar-refractivity contribution is 0.105. The molecule has 2 aromatic rings. The standard InChI is InChI=1S/C16H15FN2O3S/c1-19(23(2,21)22)16(18-14-6-4-3-5-7-14)15(20)12-8-10-13(17)11-9-12/h3-11H,1-2H3. The van der Waals surface area contributed by atoms with Crippen molar-refractivity contribution in [2.24, 2.45) is 4.99 Å². The lowest BCUT2D eigenvalue weighted by Crippen LogP contribution is -2.37. The van der Waals surface area contributed by atoms with Crippen molar-refractivity contribution >= 4 is 27.3 Å². The molecule has 0 aromatic heterocycles. The first-order valence-corrected chi connectivity index (χ1v) is 8.52. The summed E-state index contributed by atoms with van der Waals surface area (Å²) in [5.41, 5.74) is 0.588. The van der Waals surface area contributed by atoms with Crippen molar-refractivity contribution in [2.45, 2.75) is 0 Å². The summed E-state index contributed by atoms with van der Waals surface area (Å²) in [4.78, 5) is 16.7. The molecule has 23 heavy (non-hydrogen) atoms. The number of Topliss-reactive ketones (excluding diaryl/α,β-unsaturated/α-hetero) is 1. The Morgan fingerprint density at radius 1 is 1.04 bits per heavy atom. The van der Waals surface area contributed by atoms with E-state index in [2.05, 4.69) is 4.99 Å². The van der Waals surface area contributed by atoms with Gasteiger partial charge in [-0.25, -0.2) is 17.8 Å². The van der Waals surface area contributed by atoms with Crippen LogP contribution in [0.5, 0.6) is 0 Å². The minimum absolute atomic E-state index is 0.150. The summed E-state index contributed by atoms with van der Waals surface area (Å²) in [5, 5.41) is 0. The fourth-order valence-corrected chi connectivity index (χ4v) is 2.21. The summed E-state index contributed by atoms with van der Waals surface area (Å²) in [6.45, 7) is 0. The van der Waals surface area contributed by atoms with Crippen LogP contribution in [-0.4, -0.2) is 37.6 Å². The molecule has 0 saturated heterocycles. The number of sulfonamides is 1. The van der Waals surface area contributed by atoms with E-state index in [1.165, 1.54) is 19.2 Å². The molecule has 0 aliphatic heterocycles. The summed E-state index contributed by atoms with van der Waals surface area (Å²) in [6.07, 6.45) is 0.978. The highest BCUT2D eigenvalue weighted by Gasteiger charge is 2.24. The number of rotatable bonds is 4. The number of carbonyl (C=O) groups is 1. The fourth-order valence-electron chi connectivity index (χ4n) is 1.78. The van der Waals surface area contributed by atoms with Gasteiger partial charge in [0.2, 0.25) is 15.8 Å². The summed E-state index contributed by atoms with van der Waals surface area (Å²) >= 11 is 0. The van der Waals surface area contributed by atoms with Crippen molar-refractivity contribution in [1.29, 1.82) is 0 Å². The number of aliphatic imine (C=N–C) groups is 1. The van der Waals surface area contributed by atoms with Crippen LogP contribution in [0.2, 0.25) is 0 Å². The second-order valence-corrected chi connectivity index (χ2v) is 6.85. The van der Waals surface area contributed by atoms with Gasteiger partial charge >= 0.3 is 0 Å². The lowest BCUT2D eigenvalue weighted by Gasteiger charge is -2.18. The monoisotopic (exact) mass is 334 g/mol. The van der Waals surface area contributed by atoms with Gasteiger partial charge in [-0.15, -0.1) is 0 Å². The van der Waals surface area contributed by atoms with Crippen molar-refractivity contribution in [2.75, 3.05) is 13.3 Å². The third kappa shape index (κ3) is 4.23. The molecule has 0 bridgehead atoms. The predicted octanol–water partition coefficient (Wildman–Crippen LogP) is 2.63. The molecular weight excluding hydrogens is 319 g/mol. The molecule has 0 N–H and O–H groups in total. The molecule has 7 heteroatoms. The molecule has 2 aromatic carbocycles. The van der Waals surface area contributed by atoms with Gasteiger partial charge in [-0.3, -0.25) is 9.10 Å². The highest BCUT2D eigenvalue weighted by molar-refractivity contribution is 7.89. The highest BCUT2D eigenvalue weighted by atomic mass is 32.2. The Hall–Kier alpha value is -2.54. The molecule has 0 radical (unpaired) electrons. The number of amidine groups is 1. The SMILES string of the molecule is CN(C(=Nc1ccccc1)C(=O)c1ccc(F)cc1)S(C)(=O)=O. The van der Waals surface area contributed by atoms with Crippen molar-refractivity contribution in [1.82, 2.24) is 4.31 Å². The van der Waals surface area contributed by atoms with Gasteiger partial charge in [-0.1, -0.05) is 18.2 Å². The van der Waals surface area contributed by atoms with E-state index in [1.54, 1.807) is 30.3 Å². The first-order chi connectivity index (χ1) is 10.8. The molecular formula is C16H15FN2O3S. The Morgan fingerprint density at radius 2 is 1.61 bits per heavy atom. The molecule has 0 spiro atoms. The van der Waals surface area contributed by atoms with Crippen LogP contribution >= 0.6 is 0 Å². The number of likely N-dealkylation sites (N-methyl/N-ethyl adjacent to an activating group) is 1. The minimum Gasteiger partial charge on any atom is -0.285 e. The van der Waals surface area contributed by atoms with Crippen LogP contribution in [-0.2, 0) is 10.0 Å². The highest BCUT2D eigenvalue weighted by Crippen LogP contribution is 2.15. The first kappa shape index (κ1) is 16.8. The van der Waals surface area contributed by atoms with E-state index in [9.17, 15) is 17.6 Å². The van der Waals surface area contributed by atoms with E-state index in [0.717, 1.165) is 22.7 Å². The Labute approximate surface area is 134 Å². The molecule has 0 saturated carbocycles. The summed E-state index contributed by atoms with van der Waals surface area (Å²) in [7, 11) is -2.43. The van der Waals surface area contributed by atoms with Crippen molar-refractivity contribution in [3.8, 4) is 0 Å². The van der Waals surface area contributed by atoms with Crippen molar-refractivity contribution in [3.05, 3.63) is 66.0 Å². The Kier molecular flexibility index (Phi) is 4.90. The summed E-state index contributed by atoms with van der Waals surface area (Å²) < 4.78 is 37.4. The van der Waals surface area contributed by atoms with E-state index in [-0.39, 0.29) is 11.4 Å². The molecule has 0 fully saturated rings. The predicted molar refractivity (Wildman–Crippen MR) is 86.9 cm³/mol. The Morgan fingerprint density at radius 3 is 2.13 bits per heavy atom. The molecule has 2 rings (SSSR count). The van der Waals surface area contributed by atoms with Crippen LogP contribution in [0.15, 0.2) is 59.6 Å². The van der Waals surface area contributed by atoms with Crippen LogP contribution in [0.4, 0.5) is 10.1 Å². The lowest BCUT2D eigenvalue weighted by atomic mass is 10.1. The fraction of sp³-hybridized carbons (Fsp3) is 0.125. The van der Waals surface area contributed by atoms with Gasteiger partial charge in [0.25, 0.3) is 0 Å². The normalized spacial score (nSPS) is 12.0. The average Bonchev–Trinajstić information content (AvgIpc) is 2.52. The second-order valence-electron chi connectivity index (χ2n) is 4.84. The zero-order chi connectivity index (χ0) is 17.0. The van der Waals surface area contributed by atoms with Gasteiger partial charge in [0.1, 0.15) is 5.82 Å². The number of ketones is 1. The number of para-hydroxylation sites is 1. The van der Waals surface area contributed by atoms with Crippen LogP contribution in [0.25, 0.3) is 0 Å². The van der Waals surface area contributed by atoms with E-state index in [4.69, 9.17) is 0 Å². The van der Waals surface area contributed by atoms with Gasteiger partial charge in [0, 0.05) is 12.6 Å². The minimum atomic E-state index is -3.68. The summed E-state index contributed by atoms with van der Waals surface area (Å²) in [6, 6.07) is 13.4. The number of carbonyl (C=O) groups excluding carboxylic acids is 1. The molecule has 120 valence electrons. The van der Waals surface area contributed by atoms with Gasteiger partial charge < -0.3 is 0 Å². The maximum absolute atomic E-state index is 13.0. The zero-order valence-electron chi connectivity index (χ0n) is 12.6. The quantitative estimate of drug-likeness (QED) is 0.490. The molecule has 0 unspecified atom stereocenters.